The molecule has 2 heterocycles. The lowest BCUT2D eigenvalue weighted by molar-refractivity contribution is -0.137. The Morgan fingerprint density at radius 1 is 1.11 bits per heavy atom. The molecule has 0 amide bonds. The summed E-state index contributed by atoms with van der Waals surface area (Å²) in [4.78, 5) is 5.98. The van der Waals surface area contributed by atoms with E-state index < -0.39 is 11.7 Å². The number of benzene rings is 1. The summed E-state index contributed by atoms with van der Waals surface area (Å²) in [6.45, 7) is 1.51. The predicted octanol–water partition coefficient (Wildman–Crippen LogP) is 3.26. The Kier molecular flexibility index (Phi) is 6.34. The van der Waals surface area contributed by atoms with Crippen molar-refractivity contribution in [2.24, 2.45) is 0 Å². The lowest BCUT2D eigenvalue weighted by Crippen LogP contribution is -2.48. The highest BCUT2D eigenvalue weighted by atomic mass is 19.4. The number of aliphatic hydroxyl groups is 1. The van der Waals surface area contributed by atoms with Crippen LogP contribution in [0.5, 0.6) is 0 Å². The lowest BCUT2D eigenvalue weighted by atomic mass is 10.0. The molecule has 4 nitrogen and oxygen atoms in total. The smallest absolute Gasteiger partial charge is 0.395 e. The van der Waals surface area contributed by atoms with E-state index in [2.05, 4.69) is 10.3 Å². The predicted molar refractivity (Wildman–Crippen MR) is 98.6 cm³/mol. The van der Waals surface area contributed by atoms with Crippen molar-refractivity contribution in [3.05, 3.63) is 59.8 Å². The number of rotatable bonds is 6. The minimum atomic E-state index is -4.36. The SMILES string of the molecule is OC[C@@H](Cc1ccccc1)NC1CCN(c2ccc(C(F)(F)F)cn2)CC1. The Labute approximate surface area is 157 Å². The molecular weight excluding hydrogens is 355 g/mol. The van der Waals surface area contributed by atoms with Gasteiger partial charge in [-0.3, -0.25) is 0 Å². The van der Waals surface area contributed by atoms with E-state index in [1.54, 1.807) is 0 Å². The minimum absolute atomic E-state index is 0.00635. The largest absolute Gasteiger partial charge is 0.417 e. The molecule has 1 aliphatic heterocycles. The summed E-state index contributed by atoms with van der Waals surface area (Å²) >= 11 is 0. The molecule has 0 spiro atoms. The Bertz CT molecular complexity index is 699. The van der Waals surface area contributed by atoms with E-state index >= 15 is 0 Å². The van der Waals surface area contributed by atoms with Crippen molar-refractivity contribution in [1.82, 2.24) is 10.3 Å². The van der Waals surface area contributed by atoms with Gasteiger partial charge in [0.05, 0.1) is 12.2 Å². The van der Waals surface area contributed by atoms with E-state index in [0.717, 1.165) is 44.6 Å². The highest BCUT2D eigenvalue weighted by Gasteiger charge is 2.31. The highest BCUT2D eigenvalue weighted by molar-refractivity contribution is 5.40. The minimum Gasteiger partial charge on any atom is -0.395 e. The number of alkyl halides is 3. The zero-order chi connectivity index (χ0) is 19.3. The van der Waals surface area contributed by atoms with Crippen LogP contribution in [-0.4, -0.2) is 41.9 Å². The summed E-state index contributed by atoms with van der Waals surface area (Å²) in [5, 5.41) is 13.2. The standard InChI is InChI=1S/C20H24F3N3O/c21-20(22,23)16-6-7-19(24-13-16)26-10-8-17(9-11-26)25-18(14-27)12-15-4-2-1-3-5-15/h1-7,13,17-18,25,27H,8-12,14H2/t18-/m1/s1. The molecule has 27 heavy (non-hydrogen) atoms. The number of hydrogen-bond donors (Lipinski definition) is 2. The van der Waals surface area contributed by atoms with Crippen molar-refractivity contribution in [3.63, 3.8) is 0 Å². The summed E-state index contributed by atoms with van der Waals surface area (Å²) < 4.78 is 37.9. The lowest BCUT2D eigenvalue weighted by Gasteiger charge is -2.35. The van der Waals surface area contributed by atoms with Gasteiger partial charge in [0.25, 0.3) is 0 Å². The zero-order valence-electron chi connectivity index (χ0n) is 15.0. The van der Waals surface area contributed by atoms with Gasteiger partial charge in [0.15, 0.2) is 0 Å². The van der Waals surface area contributed by atoms with E-state index in [1.807, 2.05) is 35.2 Å². The number of aromatic nitrogens is 1. The van der Waals surface area contributed by atoms with Crippen LogP contribution in [0.15, 0.2) is 48.7 Å². The maximum atomic E-state index is 12.6. The van der Waals surface area contributed by atoms with Gasteiger partial charge in [0.2, 0.25) is 0 Å². The molecule has 0 aliphatic carbocycles. The molecule has 0 saturated carbocycles. The normalized spacial score (nSPS) is 17.1. The maximum absolute atomic E-state index is 12.6. The first-order valence-electron chi connectivity index (χ1n) is 9.14. The quantitative estimate of drug-likeness (QED) is 0.809. The first-order valence-corrected chi connectivity index (χ1v) is 9.14. The van der Waals surface area contributed by atoms with Crippen LogP contribution < -0.4 is 10.2 Å². The van der Waals surface area contributed by atoms with Crippen molar-refractivity contribution in [2.75, 3.05) is 24.6 Å². The first kappa shape index (κ1) is 19.6. The summed E-state index contributed by atoms with van der Waals surface area (Å²) in [6, 6.07) is 12.8. The van der Waals surface area contributed by atoms with E-state index in [9.17, 15) is 18.3 Å². The number of pyridine rings is 1. The van der Waals surface area contributed by atoms with Gasteiger partial charge in [-0.15, -0.1) is 0 Å². The number of halogens is 3. The zero-order valence-corrected chi connectivity index (χ0v) is 15.0. The van der Waals surface area contributed by atoms with Crippen LogP contribution in [0, 0.1) is 0 Å². The van der Waals surface area contributed by atoms with Gasteiger partial charge in [-0.25, -0.2) is 4.98 Å². The van der Waals surface area contributed by atoms with Crippen molar-refractivity contribution < 1.29 is 18.3 Å². The molecule has 2 N–H and O–H groups in total. The fourth-order valence-electron chi connectivity index (χ4n) is 3.42. The second-order valence-electron chi connectivity index (χ2n) is 6.90. The number of nitrogens with zero attached hydrogens (tertiary/aromatic N) is 2. The summed E-state index contributed by atoms with van der Waals surface area (Å²) in [6.07, 6.45) is -0.998. The van der Waals surface area contributed by atoms with E-state index in [-0.39, 0.29) is 18.7 Å². The molecule has 0 bridgehead atoms. The second kappa shape index (κ2) is 8.71. The number of aliphatic hydroxyl groups excluding tert-OH is 1. The van der Waals surface area contributed by atoms with Crippen LogP contribution in [0.25, 0.3) is 0 Å². The monoisotopic (exact) mass is 379 g/mol. The Morgan fingerprint density at radius 3 is 2.37 bits per heavy atom. The molecule has 1 fully saturated rings. The molecule has 146 valence electrons. The number of hydrogen-bond acceptors (Lipinski definition) is 4. The molecule has 1 saturated heterocycles. The van der Waals surface area contributed by atoms with Crippen molar-refractivity contribution in [3.8, 4) is 0 Å². The third kappa shape index (κ3) is 5.43. The molecule has 0 unspecified atom stereocenters. The van der Waals surface area contributed by atoms with E-state index in [4.69, 9.17) is 0 Å². The first-order chi connectivity index (χ1) is 13.0. The van der Waals surface area contributed by atoms with Gasteiger partial charge in [0.1, 0.15) is 5.82 Å². The van der Waals surface area contributed by atoms with Crippen LogP contribution in [-0.2, 0) is 12.6 Å². The fourth-order valence-corrected chi connectivity index (χ4v) is 3.42. The average Bonchev–Trinajstić information content (AvgIpc) is 2.68. The van der Waals surface area contributed by atoms with Gasteiger partial charge in [0, 0.05) is 31.4 Å². The topological polar surface area (TPSA) is 48.4 Å². The third-order valence-corrected chi connectivity index (χ3v) is 4.91. The molecule has 2 aromatic rings. The van der Waals surface area contributed by atoms with Gasteiger partial charge in [-0.1, -0.05) is 30.3 Å². The second-order valence-corrected chi connectivity index (χ2v) is 6.90. The molecular formula is C20H24F3N3O. The molecule has 3 rings (SSSR count). The Hall–Kier alpha value is -2.12. The average molecular weight is 379 g/mol. The molecule has 0 radical (unpaired) electrons. The van der Waals surface area contributed by atoms with Crippen LogP contribution in [0.1, 0.15) is 24.0 Å². The number of nitrogens with one attached hydrogen (secondary N) is 1. The van der Waals surface area contributed by atoms with Crippen LogP contribution in [0.4, 0.5) is 19.0 Å². The Morgan fingerprint density at radius 2 is 1.81 bits per heavy atom. The van der Waals surface area contributed by atoms with Crippen LogP contribution in [0.2, 0.25) is 0 Å². The number of piperidine rings is 1. The van der Waals surface area contributed by atoms with E-state index in [1.165, 1.54) is 11.6 Å². The third-order valence-electron chi connectivity index (χ3n) is 4.91. The van der Waals surface area contributed by atoms with E-state index in [0.29, 0.717) is 5.82 Å². The summed E-state index contributed by atoms with van der Waals surface area (Å²) in [5.74, 6) is 0.574. The fraction of sp³-hybridized carbons (Fsp3) is 0.450. The highest BCUT2D eigenvalue weighted by Crippen LogP contribution is 2.29. The van der Waals surface area contributed by atoms with Gasteiger partial charge < -0.3 is 15.3 Å². The maximum Gasteiger partial charge on any atom is 0.417 e. The van der Waals surface area contributed by atoms with Crippen LogP contribution >= 0.6 is 0 Å². The Balaban J connectivity index is 1.51. The molecule has 1 aromatic carbocycles. The van der Waals surface area contributed by atoms with Crippen molar-refractivity contribution >= 4 is 5.82 Å². The summed E-state index contributed by atoms with van der Waals surface area (Å²) in [5.41, 5.74) is 0.449. The summed E-state index contributed by atoms with van der Waals surface area (Å²) in [7, 11) is 0. The molecule has 1 aromatic heterocycles. The van der Waals surface area contributed by atoms with Crippen molar-refractivity contribution in [1.29, 1.82) is 0 Å². The molecule has 7 heteroatoms. The molecule has 1 atom stereocenters. The van der Waals surface area contributed by atoms with Gasteiger partial charge in [-0.2, -0.15) is 13.2 Å². The molecule has 1 aliphatic rings. The van der Waals surface area contributed by atoms with Gasteiger partial charge in [-0.05, 0) is 37.0 Å². The van der Waals surface area contributed by atoms with Crippen LogP contribution in [0.3, 0.4) is 0 Å². The van der Waals surface area contributed by atoms with Crippen molar-refractivity contribution in [2.45, 2.75) is 37.5 Å². The van der Waals surface area contributed by atoms with Gasteiger partial charge >= 0.3 is 6.18 Å². The number of anilines is 1.